The summed E-state index contributed by atoms with van der Waals surface area (Å²) in [5, 5.41) is 2.18. The molecule has 0 aliphatic rings. The summed E-state index contributed by atoms with van der Waals surface area (Å²) in [6, 6.07) is 64.0. The Kier molecular flexibility index (Phi) is 8.12. The monoisotopic (exact) mass is 665 g/mol. The molecule has 0 radical (unpaired) electrons. The van der Waals surface area contributed by atoms with Gasteiger partial charge in [0.25, 0.3) is 0 Å². The van der Waals surface area contributed by atoms with Crippen molar-refractivity contribution in [2.24, 2.45) is 0 Å². The smallest absolute Gasteiger partial charge is 0.164 e. The summed E-state index contributed by atoms with van der Waals surface area (Å²) in [5.41, 5.74) is 9.79. The lowest BCUT2D eigenvalue weighted by atomic mass is 9.93. The van der Waals surface area contributed by atoms with E-state index in [4.69, 9.17) is 24.9 Å². The fourth-order valence-corrected chi connectivity index (χ4v) is 6.59. The molecule has 0 fully saturated rings. The SMILES string of the molecule is c1ccc(-c2cc(-c3ccccc3)nc(-c3ccc(-c4cccc5cccc(-c6nc(-c7ccccc7)nc(-c7ccccc7)n6)c45)cc3)n2)cc1. The van der Waals surface area contributed by atoms with Crippen molar-refractivity contribution in [1.29, 1.82) is 0 Å². The number of hydrogen-bond donors (Lipinski definition) is 0. The average Bonchev–Trinajstić information content (AvgIpc) is 3.24. The van der Waals surface area contributed by atoms with Gasteiger partial charge in [-0.1, -0.05) is 182 Å². The molecule has 0 aliphatic heterocycles. The minimum Gasteiger partial charge on any atom is -0.228 e. The number of rotatable bonds is 7. The molecule has 0 saturated carbocycles. The Labute approximate surface area is 302 Å². The molecule has 9 rings (SSSR count). The fourth-order valence-electron chi connectivity index (χ4n) is 6.59. The molecule has 0 atom stereocenters. The van der Waals surface area contributed by atoms with Gasteiger partial charge in [-0.05, 0) is 22.6 Å². The van der Waals surface area contributed by atoms with Crippen LogP contribution >= 0.6 is 0 Å². The number of fused-ring (bicyclic) bond motifs is 1. The van der Waals surface area contributed by atoms with E-state index in [1.165, 1.54) is 0 Å². The minimum atomic E-state index is 0.627. The van der Waals surface area contributed by atoms with Crippen LogP contribution < -0.4 is 0 Å². The quantitative estimate of drug-likeness (QED) is 0.169. The van der Waals surface area contributed by atoms with E-state index in [1.807, 2.05) is 97.1 Å². The van der Waals surface area contributed by atoms with E-state index in [0.29, 0.717) is 23.3 Å². The topological polar surface area (TPSA) is 64.5 Å². The van der Waals surface area contributed by atoms with Gasteiger partial charge in [-0.2, -0.15) is 0 Å². The molecule has 0 saturated heterocycles. The van der Waals surface area contributed by atoms with Crippen molar-refractivity contribution in [2.45, 2.75) is 0 Å². The summed E-state index contributed by atoms with van der Waals surface area (Å²) in [7, 11) is 0. The maximum atomic E-state index is 5.07. The van der Waals surface area contributed by atoms with Gasteiger partial charge < -0.3 is 0 Å². The van der Waals surface area contributed by atoms with Crippen LogP contribution in [0.3, 0.4) is 0 Å². The van der Waals surface area contributed by atoms with Crippen molar-refractivity contribution in [2.75, 3.05) is 0 Å². The van der Waals surface area contributed by atoms with Crippen LogP contribution in [0.25, 0.3) is 90.0 Å². The zero-order chi connectivity index (χ0) is 34.7. The van der Waals surface area contributed by atoms with E-state index in [0.717, 1.165) is 66.7 Å². The molecule has 244 valence electrons. The Balaban J connectivity index is 1.16. The van der Waals surface area contributed by atoms with Gasteiger partial charge in [0.1, 0.15) is 0 Å². The molecule has 0 unspecified atom stereocenters. The number of hydrogen-bond acceptors (Lipinski definition) is 5. The van der Waals surface area contributed by atoms with Gasteiger partial charge in [0.15, 0.2) is 23.3 Å². The van der Waals surface area contributed by atoms with Gasteiger partial charge in [-0.15, -0.1) is 0 Å². The van der Waals surface area contributed by atoms with E-state index in [1.54, 1.807) is 0 Å². The lowest BCUT2D eigenvalue weighted by molar-refractivity contribution is 1.08. The first-order chi connectivity index (χ1) is 25.8. The Morgan fingerprint density at radius 1 is 0.250 bits per heavy atom. The molecular weight excluding hydrogens is 635 g/mol. The Morgan fingerprint density at radius 2 is 0.635 bits per heavy atom. The molecule has 5 heteroatoms. The number of nitrogens with zero attached hydrogens (tertiary/aromatic N) is 5. The van der Waals surface area contributed by atoms with E-state index >= 15 is 0 Å². The van der Waals surface area contributed by atoms with Crippen LogP contribution in [-0.2, 0) is 0 Å². The van der Waals surface area contributed by atoms with Gasteiger partial charge in [-0.25, -0.2) is 24.9 Å². The third kappa shape index (κ3) is 6.12. The highest BCUT2D eigenvalue weighted by Gasteiger charge is 2.17. The van der Waals surface area contributed by atoms with Gasteiger partial charge in [0, 0.05) is 38.8 Å². The van der Waals surface area contributed by atoms with Crippen LogP contribution in [-0.4, -0.2) is 24.9 Å². The van der Waals surface area contributed by atoms with Crippen molar-refractivity contribution in [3.05, 3.63) is 188 Å². The van der Waals surface area contributed by atoms with Gasteiger partial charge in [-0.3, -0.25) is 0 Å². The summed E-state index contributed by atoms with van der Waals surface area (Å²) in [6.07, 6.45) is 0. The molecule has 0 amide bonds. The zero-order valence-electron chi connectivity index (χ0n) is 28.1. The molecule has 0 spiro atoms. The van der Waals surface area contributed by atoms with E-state index in [9.17, 15) is 0 Å². The molecular formula is C47H31N5. The molecule has 0 aliphatic carbocycles. The summed E-state index contributed by atoms with van der Waals surface area (Å²) in [4.78, 5) is 25.1. The highest BCUT2D eigenvalue weighted by molar-refractivity contribution is 6.05. The summed E-state index contributed by atoms with van der Waals surface area (Å²) in [6.45, 7) is 0. The maximum Gasteiger partial charge on any atom is 0.164 e. The predicted octanol–water partition coefficient (Wildman–Crippen LogP) is 11.5. The molecule has 0 bridgehead atoms. The second kappa shape index (κ2) is 13.7. The van der Waals surface area contributed by atoms with Gasteiger partial charge >= 0.3 is 0 Å². The van der Waals surface area contributed by atoms with Crippen LogP contribution in [0, 0.1) is 0 Å². The average molecular weight is 666 g/mol. The molecule has 52 heavy (non-hydrogen) atoms. The molecule has 0 N–H and O–H groups in total. The molecule has 5 nitrogen and oxygen atoms in total. The van der Waals surface area contributed by atoms with Crippen LogP contribution in [0.2, 0.25) is 0 Å². The van der Waals surface area contributed by atoms with Gasteiger partial charge in [0.05, 0.1) is 11.4 Å². The Morgan fingerprint density at radius 3 is 1.13 bits per heavy atom. The van der Waals surface area contributed by atoms with Crippen LogP contribution in [0.15, 0.2) is 188 Å². The molecule has 9 aromatic rings. The van der Waals surface area contributed by atoms with Crippen LogP contribution in [0.4, 0.5) is 0 Å². The lowest BCUT2D eigenvalue weighted by Crippen LogP contribution is -2.00. The van der Waals surface area contributed by atoms with Crippen LogP contribution in [0.5, 0.6) is 0 Å². The van der Waals surface area contributed by atoms with Crippen molar-refractivity contribution in [3.63, 3.8) is 0 Å². The Hall–Kier alpha value is -7.11. The summed E-state index contributed by atoms with van der Waals surface area (Å²) >= 11 is 0. The second-order valence-corrected chi connectivity index (χ2v) is 12.5. The zero-order valence-corrected chi connectivity index (χ0v) is 28.1. The van der Waals surface area contributed by atoms with E-state index < -0.39 is 0 Å². The van der Waals surface area contributed by atoms with Crippen LogP contribution in [0.1, 0.15) is 0 Å². The van der Waals surface area contributed by atoms with E-state index in [2.05, 4.69) is 91.0 Å². The highest BCUT2D eigenvalue weighted by Crippen LogP contribution is 2.37. The summed E-state index contributed by atoms with van der Waals surface area (Å²) < 4.78 is 0. The van der Waals surface area contributed by atoms with Crippen molar-refractivity contribution < 1.29 is 0 Å². The van der Waals surface area contributed by atoms with E-state index in [-0.39, 0.29) is 0 Å². The molecule has 7 aromatic carbocycles. The second-order valence-electron chi connectivity index (χ2n) is 12.5. The minimum absolute atomic E-state index is 0.627. The van der Waals surface area contributed by atoms with Gasteiger partial charge in [0.2, 0.25) is 0 Å². The third-order valence-corrected chi connectivity index (χ3v) is 9.16. The third-order valence-electron chi connectivity index (χ3n) is 9.16. The fraction of sp³-hybridized carbons (Fsp3) is 0. The van der Waals surface area contributed by atoms with Crippen molar-refractivity contribution >= 4 is 10.8 Å². The largest absolute Gasteiger partial charge is 0.228 e. The number of aromatic nitrogens is 5. The summed E-state index contributed by atoms with van der Waals surface area (Å²) in [5.74, 6) is 2.58. The molecule has 2 heterocycles. The standard InChI is InChI=1S/C47H31N5/c1-5-15-33(16-6-1)41-31-42(34-17-7-2-8-18-34)49-44(48-41)38-29-27-32(28-30-38)39-25-13-23-35-24-14-26-40(43(35)39)47-51-45(36-19-9-3-10-20-36)50-46(52-47)37-21-11-4-12-22-37/h1-31H. The Bertz CT molecular complexity index is 2520. The predicted molar refractivity (Wildman–Crippen MR) is 211 cm³/mol. The van der Waals surface area contributed by atoms with Crippen molar-refractivity contribution in [3.8, 4) is 79.2 Å². The highest BCUT2D eigenvalue weighted by atomic mass is 15.0. The normalized spacial score (nSPS) is 11.1. The van der Waals surface area contributed by atoms with Crippen molar-refractivity contribution in [1.82, 2.24) is 24.9 Å². The lowest BCUT2D eigenvalue weighted by Gasteiger charge is -2.14. The first-order valence-corrected chi connectivity index (χ1v) is 17.3. The first kappa shape index (κ1) is 30.9. The first-order valence-electron chi connectivity index (χ1n) is 17.3. The molecule has 2 aromatic heterocycles. The maximum absolute atomic E-state index is 5.07. The number of benzene rings is 7.